The summed E-state index contributed by atoms with van der Waals surface area (Å²) in [6.45, 7) is 1.56. The number of hydrogen-bond acceptors (Lipinski definition) is 6. The molecule has 0 amide bonds. The molecule has 1 atom stereocenters. The SMILES string of the molecule is COC(=O)CC(C)C(=O)c1ccc(N)c([N+](=O)[O-])c1. The zero-order chi connectivity index (χ0) is 14.6. The lowest BCUT2D eigenvalue weighted by atomic mass is 9.96. The van der Waals surface area contributed by atoms with Crippen LogP contribution >= 0.6 is 0 Å². The van der Waals surface area contributed by atoms with Gasteiger partial charge in [0.1, 0.15) is 5.69 Å². The molecular formula is C12H14N2O5. The number of Topliss-reactive ketones (excluding diaryl/α,β-unsaturated/α-hetero) is 1. The molecule has 1 rings (SSSR count). The van der Waals surface area contributed by atoms with Crippen LogP contribution in [0, 0.1) is 16.0 Å². The number of benzene rings is 1. The van der Waals surface area contributed by atoms with Gasteiger partial charge in [0.15, 0.2) is 5.78 Å². The average Bonchev–Trinajstić information content (AvgIpc) is 2.37. The first kappa shape index (κ1) is 14.6. The number of ether oxygens (including phenoxy) is 1. The molecule has 0 saturated carbocycles. The zero-order valence-corrected chi connectivity index (χ0v) is 10.6. The first-order chi connectivity index (χ1) is 8.86. The summed E-state index contributed by atoms with van der Waals surface area (Å²) >= 11 is 0. The van der Waals surface area contributed by atoms with Crippen molar-refractivity contribution in [2.45, 2.75) is 13.3 Å². The normalized spacial score (nSPS) is 11.7. The third-order valence-corrected chi connectivity index (χ3v) is 2.66. The Balaban J connectivity index is 2.97. The van der Waals surface area contributed by atoms with Crippen molar-refractivity contribution in [3.8, 4) is 0 Å². The lowest BCUT2D eigenvalue weighted by molar-refractivity contribution is -0.383. The van der Waals surface area contributed by atoms with Crippen LogP contribution in [0.3, 0.4) is 0 Å². The fourth-order valence-corrected chi connectivity index (χ4v) is 1.57. The molecule has 102 valence electrons. The van der Waals surface area contributed by atoms with Crippen molar-refractivity contribution in [2.75, 3.05) is 12.8 Å². The van der Waals surface area contributed by atoms with Gasteiger partial charge in [0.05, 0.1) is 18.5 Å². The van der Waals surface area contributed by atoms with Gasteiger partial charge >= 0.3 is 5.97 Å². The van der Waals surface area contributed by atoms with E-state index >= 15 is 0 Å². The van der Waals surface area contributed by atoms with Gasteiger partial charge in [0, 0.05) is 17.5 Å². The molecule has 0 fully saturated rings. The van der Waals surface area contributed by atoms with Crippen LogP contribution in [-0.4, -0.2) is 23.8 Å². The molecule has 2 N–H and O–H groups in total. The van der Waals surface area contributed by atoms with Gasteiger partial charge in [-0.1, -0.05) is 6.92 Å². The van der Waals surface area contributed by atoms with Crippen molar-refractivity contribution < 1.29 is 19.2 Å². The molecule has 1 unspecified atom stereocenters. The van der Waals surface area contributed by atoms with Crippen molar-refractivity contribution >= 4 is 23.1 Å². The van der Waals surface area contributed by atoms with Crippen LogP contribution in [-0.2, 0) is 9.53 Å². The summed E-state index contributed by atoms with van der Waals surface area (Å²) in [4.78, 5) is 33.2. The van der Waals surface area contributed by atoms with E-state index in [2.05, 4.69) is 4.74 Å². The number of nitrogen functional groups attached to an aromatic ring is 1. The van der Waals surface area contributed by atoms with Gasteiger partial charge in [0.2, 0.25) is 0 Å². The van der Waals surface area contributed by atoms with Gasteiger partial charge < -0.3 is 10.5 Å². The van der Waals surface area contributed by atoms with E-state index in [0.29, 0.717) is 0 Å². The summed E-state index contributed by atoms with van der Waals surface area (Å²) in [6, 6.07) is 3.82. The van der Waals surface area contributed by atoms with E-state index in [1.165, 1.54) is 19.2 Å². The zero-order valence-electron chi connectivity index (χ0n) is 10.6. The van der Waals surface area contributed by atoms with Crippen LogP contribution in [0.15, 0.2) is 18.2 Å². The fourth-order valence-electron chi connectivity index (χ4n) is 1.57. The number of nitrogens with two attached hydrogens (primary N) is 1. The number of esters is 1. The number of rotatable bonds is 5. The number of anilines is 1. The van der Waals surface area contributed by atoms with Crippen LogP contribution in [0.25, 0.3) is 0 Å². The lowest BCUT2D eigenvalue weighted by Gasteiger charge is -2.09. The highest BCUT2D eigenvalue weighted by molar-refractivity contribution is 6.00. The Hall–Kier alpha value is -2.44. The van der Waals surface area contributed by atoms with Crippen LogP contribution < -0.4 is 5.73 Å². The minimum Gasteiger partial charge on any atom is -0.469 e. The summed E-state index contributed by atoms with van der Waals surface area (Å²) < 4.78 is 4.47. The van der Waals surface area contributed by atoms with Crippen molar-refractivity contribution in [1.29, 1.82) is 0 Å². The molecule has 0 saturated heterocycles. The second kappa shape index (κ2) is 5.94. The maximum atomic E-state index is 12.0. The molecule has 7 heteroatoms. The van der Waals surface area contributed by atoms with E-state index in [4.69, 9.17) is 5.73 Å². The Morgan fingerprint density at radius 3 is 2.63 bits per heavy atom. The average molecular weight is 266 g/mol. The predicted octanol–water partition coefficient (Wildman–Crippen LogP) is 1.56. The van der Waals surface area contributed by atoms with Crippen molar-refractivity contribution in [3.63, 3.8) is 0 Å². The first-order valence-electron chi connectivity index (χ1n) is 5.51. The summed E-state index contributed by atoms with van der Waals surface area (Å²) in [5.74, 6) is -1.49. The first-order valence-corrected chi connectivity index (χ1v) is 5.51. The van der Waals surface area contributed by atoms with Crippen LogP contribution in [0.1, 0.15) is 23.7 Å². The highest BCUT2D eigenvalue weighted by atomic mass is 16.6. The highest BCUT2D eigenvalue weighted by Crippen LogP contribution is 2.24. The smallest absolute Gasteiger partial charge is 0.306 e. The lowest BCUT2D eigenvalue weighted by Crippen LogP contribution is -2.16. The molecule has 0 radical (unpaired) electrons. The molecule has 1 aromatic carbocycles. The molecule has 7 nitrogen and oxygen atoms in total. The van der Waals surface area contributed by atoms with E-state index in [0.717, 1.165) is 6.07 Å². The van der Waals surface area contributed by atoms with Crippen LogP contribution in [0.5, 0.6) is 0 Å². The van der Waals surface area contributed by atoms with Crippen molar-refractivity contribution in [2.24, 2.45) is 5.92 Å². The standard InChI is InChI=1S/C12H14N2O5/c1-7(5-11(15)19-2)12(16)8-3-4-9(13)10(6-8)14(17)18/h3-4,6-7H,5,13H2,1-2H3. The number of hydrogen-bond donors (Lipinski definition) is 1. The maximum absolute atomic E-state index is 12.0. The Labute approximate surface area is 109 Å². The molecular weight excluding hydrogens is 252 g/mol. The van der Waals surface area contributed by atoms with Gasteiger partial charge in [-0.25, -0.2) is 0 Å². The maximum Gasteiger partial charge on any atom is 0.306 e. The summed E-state index contributed by atoms with van der Waals surface area (Å²) in [6.07, 6.45) is -0.0759. The molecule has 0 aliphatic heterocycles. The number of nitro benzene ring substituents is 1. The van der Waals surface area contributed by atoms with E-state index in [9.17, 15) is 19.7 Å². The number of carbonyl (C=O) groups is 2. The molecule has 19 heavy (non-hydrogen) atoms. The van der Waals surface area contributed by atoms with Gasteiger partial charge in [-0.15, -0.1) is 0 Å². The highest BCUT2D eigenvalue weighted by Gasteiger charge is 2.22. The van der Waals surface area contributed by atoms with Gasteiger partial charge in [-0.2, -0.15) is 0 Å². The Bertz CT molecular complexity index is 527. The number of nitro groups is 1. The number of nitrogens with zero attached hydrogens (tertiary/aromatic N) is 1. The molecule has 0 heterocycles. The Kier molecular flexibility index (Phi) is 4.57. The van der Waals surface area contributed by atoms with Crippen LogP contribution in [0.2, 0.25) is 0 Å². The van der Waals surface area contributed by atoms with Gasteiger partial charge in [-0.3, -0.25) is 19.7 Å². The van der Waals surface area contributed by atoms with Crippen molar-refractivity contribution in [1.82, 2.24) is 0 Å². The van der Waals surface area contributed by atoms with Gasteiger partial charge in [-0.05, 0) is 12.1 Å². The summed E-state index contributed by atoms with van der Waals surface area (Å²) in [7, 11) is 1.23. The molecule has 0 spiro atoms. The molecule has 1 aromatic rings. The molecule has 0 aliphatic carbocycles. The van der Waals surface area contributed by atoms with E-state index < -0.39 is 16.8 Å². The minimum absolute atomic E-state index is 0.0119. The van der Waals surface area contributed by atoms with Crippen molar-refractivity contribution in [3.05, 3.63) is 33.9 Å². The fraction of sp³-hybridized carbons (Fsp3) is 0.333. The molecule has 0 aromatic heterocycles. The third kappa shape index (κ3) is 3.51. The largest absolute Gasteiger partial charge is 0.469 e. The Morgan fingerprint density at radius 2 is 2.11 bits per heavy atom. The predicted molar refractivity (Wildman–Crippen MR) is 67.6 cm³/mol. The quantitative estimate of drug-likeness (QED) is 0.284. The monoisotopic (exact) mass is 266 g/mol. The number of carbonyl (C=O) groups excluding carboxylic acids is 2. The van der Waals surface area contributed by atoms with E-state index in [1.807, 2.05) is 0 Å². The summed E-state index contributed by atoms with van der Waals surface area (Å²) in [5, 5.41) is 10.7. The topological polar surface area (TPSA) is 113 Å². The number of methoxy groups -OCH3 is 1. The second-order valence-corrected chi connectivity index (χ2v) is 4.08. The number of ketones is 1. The summed E-state index contributed by atoms with van der Waals surface area (Å²) in [5.41, 5.74) is 5.26. The molecule has 0 aliphatic rings. The van der Waals surface area contributed by atoms with Crippen LogP contribution in [0.4, 0.5) is 11.4 Å². The third-order valence-electron chi connectivity index (χ3n) is 2.66. The molecule has 0 bridgehead atoms. The second-order valence-electron chi connectivity index (χ2n) is 4.08. The Morgan fingerprint density at radius 1 is 1.47 bits per heavy atom. The van der Waals surface area contributed by atoms with E-state index in [-0.39, 0.29) is 29.1 Å². The minimum atomic E-state index is -0.656. The van der Waals surface area contributed by atoms with Gasteiger partial charge in [0.25, 0.3) is 5.69 Å². The van der Waals surface area contributed by atoms with E-state index in [1.54, 1.807) is 6.92 Å².